The van der Waals surface area contributed by atoms with Crippen LogP contribution in [0.2, 0.25) is 0 Å². The van der Waals surface area contributed by atoms with Gasteiger partial charge >= 0.3 is 5.88 Å². The highest BCUT2D eigenvalue weighted by Crippen LogP contribution is 2.35. The molecule has 3 rings (SSSR count). The summed E-state index contributed by atoms with van der Waals surface area (Å²) in [4.78, 5) is 34.3. The van der Waals surface area contributed by atoms with Crippen molar-refractivity contribution in [2.24, 2.45) is 0 Å². The van der Waals surface area contributed by atoms with Crippen molar-refractivity contribution in [1.29, 1.82) is 0 Å². The monoisotopic (exact) mass is 403 g/mol. The van der Waals surface area contributed by atoms with Gasteiger partial charge in [-0.1, -0.05) is 30.1 Å². The molecule has 27 heavy (non-hydrogen) atoms. The average molecular weight is 403 g/mol. The Kier molecular flexibility index (Phi) is 5.14. The molecule has 2 aromatic rings. The van der Waals surface area contributed by atoms with Crippen molar-refractivity contribution in [1.82, 2.24) is 0 Å². The lowest BCUT2D eigenvalue weighted by Gasteiger charge is -2.13. The van der Waals surface area contributed by atoms with Crippen LogP contribution in [0.15, 0.2) is 57.9 Å². The number of nitro benzene ring substituents is 1. The molecule has 0 spiro atoms. The van der Waals surface area contributed by atoms with Crippen LogP contribution in [0.25, 0.3) is 6.08 Å². The molecule has 1 saturated heterocycles. The highest BCUT2D eigenvalue weighted by atomic mass is 32.2. The number of hydrogen-bond donors (Lipinski definition) is 0. The van der Waals surface area contributed by atoms with Crippen molar-refractivity contribution in [3.63, 3.8) is 0 Å². The summed E-state index contributed by atoms with van der Waals surface area (Å²) >= 11 is 6.29. The quantitative estimate of drug-likeness (QED) is 0.317. The first-order valence-corrected chi connectivity index (χ1v) is 8.52. The minimum absolute atomic E-state index is 0.0878. The molecule has 1 fully saturated rings. The number of nitro groups is 2. The first-order valence-electron chi connectivity index (χ1n) is 7.30. The second-order valence-corrected chi connectivity index (χ2v) is 6.78. The Balaban J connectivity index is 1.76. The molecule has 1 aromatic carbocycles. The number of nitrogens with zero attached hydrogens (tertiary/aromatic N) is 3. The Morgan fingerprint density at radius 2 is 1.78 bits per heavy atom. The normalized spacial score (nSPS) is 15.9. The lowest BCUT2D eigenvalue weighted by Crippen LogP contribution is -2.27. The van der Waals surface area contributed by atoms with Crippen LogP contribution >= 0.6 is 24.0 Å². The van der Waals surface area contributed by atoms with Gasteiger partial charge in [0.2, 0.25) is 0 Å². The van der Waals surface area contributed by atoms with E-state index in [0.717, 1.165) is 11.8 Å². The fraction of sp³-hybridized carbons (Fsp3) is 0. The fourth-order valence-corrected chi connectivity index (χ4v) is 3.44. The standard InChI is InChI=1S/C16H9N3O6S2/c20-15-13(3-1-2-12-8-9-14(25-12)19(23)24)27-16(26)17(15)10-4-6-11(7-5-10)18(21)22/h1-9H/b2-1+,13-3-. The van der Waals surface area contributed by atoms with Crippen LogP contribution in [0.3, 0.4) is 0 Å². The number of furan rings is 1. The van der Waals surface area contributed by atoms with Crippen molar-refractivity contribution in [3.05, 3.63) is 79.4 Å². The molecule has 0 atom stereocenters. The molecule has 0 N–H and O–H groups in total. The molecular formula is C16H9N3O6S2. The van der Waals surface area contributed by atoms with E-state index in [2.05, 4.69) is 0 Å². The van der Waals surface area contributed by atoms with Gasteiger partial charge in [0.25, 0.3) is 11.6 Å². The molecule has 2 heterocycles. The Morgan fingerprint density at radius 3 is 2.37 bits per heavy atom. The minimum atomic E-state index is -0.646. The number of carbonyl (C=O) groups excluding carboxylic acids is 1. The van der Waals surface area contributed by atoms with Crippen molar-refractivity contribution >= 4 is 57.5 Å². The van der Waals surface area contributed by atoms with Crippen molar-refractivity contribution < 1.29 is 19.1 Å². The van der Waals surface area contributed by atoms with E-state index in [0.29, 0.717) is 14.9 Å². The van der Waals surface area contributed by atoms with E-state index < -0.39 is 9.85 Å². The Hall–Kier alpha value is -3.31. The molecule has 0 radical (unpaired) electrons. The van der Waals surface area contributed by atoms with Gasteiger partial charge in [0, 0.05) is 12.1 Å². The maximum absolute atomic E-state index is 12.5. The maximum Gasteiger partial charge on any atom is 0.433 e. The van der Waals surface area contributed by atoms with Gasteiger partial charge in [-0.05, 0) is 30.4 Å². The number of carbonyl (C=O) groups is 1. The summed E-state index contributed by atoms with van der Waals surface area (Å²) in [6.45, 7) is 0. The molecule has 1 aliphatic rings. The van der Waals surface area contributed by atoms with Gasteiger partial charge in [0.15, 0.2) is 4.32 Å². The van der Waals surface area contributed by atoms with E-state index in [1.807, 2.05) is 0 Å². The first kappa shape index (κ1) is 18.5. The van der Waals surface area contributed by atoms with Crippen LogP contribution in [0, 0.1) is 20.2 Å². The zero-order valence-electron chi connectivity index (χ0n) is 13.3. The SMILES string of the molecule is O=C1/C(=C/C=C/c2ccc([N+](=O)[O-])o2)SC(=S)N1c1ccc([N+](=O)[O-])cc1. The molecule has 0 saturated carbocycles. The largest absolute Gasteiger partial charge is 0.433 e. The van der Waals surface area contributed by atoms with Crippen LogP contribution in [0.1, 0.15) is 5.76 Å². The third-order valence-corrected chi connectivity index (χ3v) is 4.73. The predicted octanol–water partition coefficient (Wildman–Crippen LogP) is 4.06. The number of hydrogen-bond acceptors (Lipinski definition) is 8. The number of benzene rings is 1. The van der Waals surface area contributed by atoms with Crippen LogP contribution in [0.4, 0.5) is 17.3 Å². The summed E-state index contributed by atoms with van der Waals surface area (Å²) in [6, 6.07) is 8.15. The maximum atomic E-state index is 12.5. The van der Waals surface area contributed by atoms with Crippen LogP contribution < -0.4 is 4.90 Å². The number of non-ortho nitro benzene ring substituents is 1. The highest BCUT2D eigenvalue weighted by Gasteiger charge is 2.33. The molecule has 0 unspecified atom stereocenters. The Morgan fingerprint density at radius 1 is 1.07 bits per heavy atom. The number of amides is 1. The van der Waals surface area contributed by atoms with Crippen LogP contribution in [-0.2, 0) is 4.79 Å². The number of thiocarbonyl (C=S) groups is 1. The number of allylic oxidation sites excluding steroid dienone is 2. The van der Waals surface area contributed by atoms with Gasteiger partial charge in [-0.25, -0.2) is 0 Å². The smallest absolute Gasteiger partial charge is 0.401 e. The second-order valence-electron chi connectivity index (χ2n) is 5.11. The van der Waals surface area contributed by atoms with Crippen LogP contribution in [-0.4, -0.2) is 20.1 Å². The van der Waals surface area contributed by atoms with Gasteiger partial charge in [-0.2, -0.15) is 0 Å². The summed E-state index contributed by atoms with van der Waals surface area (Å²) in [6.07, 6.45) is 4.51. The molecule has 0 aliphatic carbocycles. The molecule has 11 heteroatoms. The summed E-state index contributed by atoms with van der Waals surface area (Å²) in [5.74, 6) is -0.475. The third kappa shape index (κ3) is 3.93. The summed E-state index contributed by atoms with van der Waals surface area (Å²) in [7, 11) is 0. The molecule has 0 bridgehead atoms. The molecule has 1 aromatic heterocycles. The number of thioether (sulfide) groups is 1. The van der Waals surface area contributed by atoms with E-state index in [1.54, 1.807) is 0 Å². The lowest BCUT2D eigenvalue weighted by atomic mass is 10.2. The first-order chi connectivity index (χ1) is 12.9. The molecule has 9 nitrogen and oxygen atoms in total. The van der Waals surface area contributed by atoms with Gasteiger partial charge in [-0.3, -0.25) is 29.9 Å². The van der Waals surface area contributed by atoms with E-state index in [1.165, 1.54) is 59.5 Å². The van der Waals surface area contributed by atoms with E-state index in [-0.39, 0.29) is 23.2 Å². The van der Waals surface area contributed by atoms with Crippen molar-refractivity contribution in [2.45, 2.75) is 0 Å². The highest BCUT2D eigenvalue weighted by molar-refractivity contribution is 8.27. The molecule has 136 valence electrons. The van der Waals surface area contributed by atoms with E-state index in [4.69, 9.17) is 16.6 Å². The zero-order valence-corrected chi connectivity index (χ0v) is 14.9. The lowest BCUT2D eigenvalue weighted by molar-refractivity contribution is -0.402. The fourth-order valence-electron chi connectivity index (χ4n) is 2.19. The molecule has 1 aliphatic heterocycles. The zero-order chi connectivity index (χ0) is 19.6. The van der Waals surface area contributed by atoms with Crippen molar-refractivity contribution in [2.75, 3.05) is 4.90 Å². The summed E-state index contributed by atoms with van der Waals surface area (Å²) in [5.41, 5.74) is 0.340. The molecule has 1 amide bonds. The van der Waals surface area contributed by atoms with Gasteiger partial charge in [-0.15, -0.1) is 0 Å². The molecular weight excluding hydrogens is 394 g/mol. The van der Waals surface area contributed by atoms with Crippen molar-refractivity contribution in [3.8, 4) is 0 Å². The summed E-state index contributed by atoms with van der Waals surface area (Å²) < 4.78 is 5.27. The van der Waals surface area contributed by atoms with E-state index >= 15 is 0 Å². The minimum Gasteiger partial charge on any atom is -0.401 e. The number of rotatable bonds is 5. The van der Waals surface area contributed by atoms with Gasteiger partial charge in [0.05, 0.1) is 21.6 Å². The Labute approximate surface area is 161 Å². The third-order valence-electron chi connectivity index (χ3n) is 3.41. The van der Waals surface area contributed by atoms with Gasteiger partial charge in [0.1, 0.15) is 10.7 Å². The number of anilines is 1. The van der Waals surface area contributed by atoms with Crippen LogP contribution in [0.5, 0.6) is 0 Å². The second kappa shape index (κ2) is 7.51. The summed E-state index contributed by atoms with van der Waals surface area (Å²) in [5, 5.41) is 21.3. The predicted molar refractivity (Wildman–Crippen MR) is 103 cm³/mol. The topological polar surface area (TPSA) is 120 Å². The van der Waals surface area contributed by atoms with Gasteiger partial charge < -0.3 is 4.42 Å². The Bertz CT molecular complexity index is 1010. The van der Waals surface area contributed by atoms with E-state index in [9.17, 15) is 25.0 Å². The average Bonchev–Trinajstić information content (AvgIpc) is 3.20.